The Morgan fingerprint density at radius 3 is 2.44 bits per heavy atom. The Hall–Kier alpha value is -3.47. The second kappa shape index (κ2) is 5.87. The summed E-state index contributed by atoms with van der Waals surface area (Å²) >= 11 is 0. The van der Waals surface area contributed by atoms with Gasteiger partial charge in [0, 0.05) is 11.4 Å². The van der Waals surface area contributed by atoms with Gasteiger partial charge in [-0.2, -0.15) is 0 Å². The number of para-hydroxylation sites is 1. The lowest BCUT2D eigenvalue weighted by Gasteiger charge is -2.09. The van der Waals surface area contributed by atoms with Gasteiger partial charge in [-0.1, -0.05) is 48.5 Å². The molecule has 0 unspecified atom stereocenters. The minimum Gasteiger partial charge on any atom is -0.325 e. The number of rotatable bonds is 3. The zero-order valence-electron chi connectivity index (χ0n) is 13.2. The van der Waals surface area contributed by atoms with Gasteiger partial charge in [-0.25, -0.2) is 0 Å². The molecule has 2 amide bonds. The highest BCUT2D eigenvalue weighted by Crippen LogP contribution is 2.33. The first kappa shape index (κ1) is 15.1. The lowest BCUT2D eigenvalue weighted by atomic mass is 9.95. The molecule has 0 saturated carbocycles. The van der Waals surface area contributed by atoms with Crippen LogP contribution < -0.4 is 10.6 Å². The Balaban J connectivity index is 1.58. The molecule has 3 aromatic rings. The summed E-state index contributed by atoms with van der Waals surface area (Å²) in [7, 11) is 0. The number of hydrogen-bond donors (Lipinski definition) is 2. The van der Waals surface area contributed by atoms with Crippen LogP contribution in [0.1, 0.15) is 11.5 Å². The van der Waals surface area contributed by atoms with Gasteiger partial charge in [-0.15, -0.1) is 0 Å². The molecule has 5 heteroatoms. The molecule has 25 heavy (non-hydrogen) atoms. The molecule has 0 saturated heterocycles. The maximum absolute atomic E-state index is 12.5. The van der Waals surface area contributed by atoms with Crippen LogP contribution in [0.25, 0.3) is 10.8 Å². The first-order valence-electron chi connectivity index (χ1n) is 7.87. The topological polar surface area (TPSA) is 75.3 Å². The van der Waals surface area contributed by atoms with Gasteiger partial charge >= 0.3 is 0 Å². The fraction of sp³-hybridized carbons (Fsp3) is 0.0500. The molecular formula is C20H14N2O3. The molecule has 1 atom stereocenters. The highest BCUT2D eigenvalue weighted by atomic mass is 16.2. The predicted octanol–water partition coefficient (Wildman–Crippen LogP) is 3.08. The molecule has 0 bridgehead atoms. The van der Waals surface area contributed by atoms with Crippen molar-refractivity contribution in [3.05, 3.63) is 72.3 Å². The molecule has 122 valence electrons. The number of amides is 2. The van der Waals surface area contributed by atoms with Gasteiger partial charge in [0.05, 0.1) is 0 Å². The Morgan fingerprint density at radius 1 is 0.880 bits per heavy atom. The zero-order valence-corrected chi connectivity index (χ0v) is 13.2. The molecule has 2 N–H and O–H groups in total. The lowest BCUT2D eigenvalue weighted by molar-refractivity contribution is -0.138. The molecule has 0 aromatic heterocycles. The van der Waals surface area contributed by atoms with Gasteiger partial charge in [0.25, 0.3) is 5.91 Å². The third-order valence-corrected chi connectivity index (χ3v) is 4.29. The molecule has 0 radical (unpaired) electrons. The van der Waals surface area contributed by atoms with Crippen molar-refractivity contribution in [2.45, 2.75) is 5.92 Å². The second-order valence-electron chi connectivity index (χ2n) is 5.89. The van der Waals surface area contributed by atoms with E-state index in [1.165, 1.54) is 0 Å². The minimum atomic E-state index is -1.10. The summed E-state index contributed by atoms with van der Waals surface area (Å²) in [4.78, 5) is 37.0. The van der Waals surface area contributed by atoms with Gasteiger partial charge in [-0.3, -0.25) is 14.4 Å². The highest BCUT2D eigenvalue weighted by molar-refractivity contribution is 6.47. The maximum Gasteiger partial charge on any atom is 0.292 e. The third kappa shape index (κ3) is 2.65. The summed E-state index contributed by atoms with van der Waals surface area (Å²) in [5.74, 6) is -3.14. The fourth-order valence-electron chi connectivity index (χ4n) is 3.06. The fourth-order valence-corrected chi connectivity index (χ4v) is 3.06. The van der Waals surface area contributed by atoms with E-state index in [0.717, 1.165) is 10.8 Å². The van der Waals surface area contributed by atoms with E-state index < -0.39 is 23.5 Å². The van der Waals surface area contributed by atoms with Crippen molar-refractivity contribution in [1.29, 1.82) is 0 Å². The van der Waals surface area contributed by atoms with Crippen molar-refractivity contribution >= 4 is 39.7 Å². The third-order valence-electron chi connectivity index (χ3n) is 4.29. The van der Waals surface area contributed by atoms with E-state index in [-0.39, 0.29) is 0 Å². The number of hydrogen-bond acceptors (Lipinski definition) is 3. The lowest BCUT2D eigenvalue weighted by Crippen LogP contribution is -2.31. The van der Waals surface area contributed by atoms with Crippen LogP contribution in [0, 0.1) is 0 Å². The van der Waals surface area contributed by atoms with E-state index in [0.29, 0.717) is 16.9 Å². The molecule has 3 aromatic carbocycles. The Bertz CT molecular complexity index is 1030. The number of carbonyl (C=O) groups excluding carboxylic acids is 3. The molecule has 1 aliphatic rings. The van der Waals surface area contributed by atoms with Gasteiger partial charge in [0.2, 0.25) is 11.7 Å². The average Bonchev–Trinajstić information content (AvgIpc) is 2.96. The number of anilines is 2. The second-order valence-corrected chi connectivity index (χ2v) is 5.89. The molecule has 0 fully saturated rings. The zero-order chi connectivity index (χ0) is 17.4. The quantitative estimate of drug-likeness (QED) is 0.572. The number of ketones is 1. The number of carbonyl (C=O) groups is 3. The molecule has 0 spiro atoms. The largest absolute Gasteiger partial charge is 0.325 e. The van der Waals surface area contributed by atoms with Crippen LogP contribution in [-0.4, -0.2) is 17.6 Å². The van der Waals surface area contributed by atoms with Gasteiger partial charge in [0.15, 0.2) is 0 Å². The van der Waals surface area contributed by atoms with E-state index in [2.05, 4.69) is 10.6 Å². The van der Waals surface area contributed by atoms with E-state index in [9.17, 15) is 14.4 Å². The van der Waals surface area contributed by atoms with Crippen molar-refractivity contribution in [3.8, 4) is 0 Å². The standard InChI is InChI=1S/C20H14N2O3/c23-18(17-15-7-3-4-8-16(15)22-19(17)24)20(25)21-14-10-9-12-5-1-2-6-13(12)11-14/h1-11,17H,(H,21,25)(H,22,24)/t17-/m0/s1. The van der Waals surface area contributed by atoms with E-state index in [1.54, 1.807) is 36.4 Å². The van der Waals surface area contributed by atoms with Crippen molar-refractivity contribution < 1.29 is 14.4 Å². The Kier molecular flexibility index (Phi) is 3.54. The molecule has 4 rings (SSSR count). The predicted molar refractivity (Wildman–Crippen MR) is 95.4 cm³/mol. The molecule has 1 heterocycles. The van der Waals surface area contributed by atoms with E-state index >= 15 is 0 Å². The van der Waals surface area contributed by atoms with Gasteiger partial charge < -0.3 is 10.6 Å². The van der Waals surface area contributed by atoms with Gasteiger partial charge in [0.1, 0.15) is 5.92 Å². The number of nitrogens with one attached hydrogen (secondary N) is 2. The first-order valence-corrected chi connectivity index (χ1v) is 7.87. The van der Waals surface area contributed by atoms with Crippen molar-refractivity contribution in [2.24, 2.45) is 0 Å². The normalized spacial score (nSPS) is 15.5. The van der Waals surface area contributed by atoms with Gasteiger partial charge in [-0.05, 0) is 34.5 Å². The van der Waals surface area contributed by atoms with Crippen LogP contribution in [0.2, 0.25) is 0 Å². The Labute approximate surface area is 143 Å². The van der Waals surface area contributed by atoms with Crippen LogP contribution >= 0.6 is 0 Å². The van der Waals surface area contributed by atoms with E-state index in [4.69, 9.17) is 0 Å². The van der Waals surface area contributed by atoms with Crippen molar-refractivity contribution in [2.75, 3.05) is 10.6 Å². The highest BCUT2D eigenvalue weighted by Gasteiger charge is 2.39. The summed E-state index contributed by atoms with van der Waals surface area (Å²) in [5, 5.41) is 7.22. The molecule has 5 nitrogen and oxygen atoms in total. The Morgan fingerprint density at radius 2 is 1.60 bits per heavy atom. The summed E-state index contributed by atoms with van der Waals surface area (Å²) < 4.78 is 0. The minimum absolute atomic E-state index is 0.472. The summed E-state index contributed by atoms with van der Waals surface area (Å²) in [6.07, 6.45) is 0. The first-order chi connectivity index (χ1) is 12.1. The van der Waals surface area contributed by atoms with Crippen molar-refractivity contribution in [1.82, 2.24) is 0 Å². The number of benzene rings is 3. The molecular weight excluding hydrogens is 316 g/mol. The summed E-state index contributed by atoms with van der Waals surface area (Å²) in [5.41, 5.74) is 1.62. The number of fused-ring (bicyclic) bond motifs is 2. The van der Waals surface area contributed by atoms with E-state index in [1.807, 2.05) is 30.3 Å². The summed E-state index contributed by atoms with van der Waals surface area (Å²) in [6, 6.07) is 20.0. The molecule has 0 aliphatic carbocycles. The SMILES string of the molecule is O=C(Nc1ccc2ccccc2c1)C(=O)[C@H]1C(=O)Nc2ccccc21. The van der Waals surface area contributed by atoms with Crippen LogP contribution in [0.15, 0.2) is 66.7 Å². The van der Waals surface area contributed by atoms with Crippen LogP contribution in [0.5, 0.6) is 0 Å². The van der Waals surface area contributed by atoms with Crippen molar-refractivity contribution in [3.63, 3.8) is 0 Å². The van der Waals surface area contributed by atoms with Crippen LogP contribution in [0.3, 0.4) is 0 Å². The van der Waals surface area contributed by atoms with Crippen LogP contribution in [0.4, 0.5) is 11.4 Å². The number of Topliss-reactive ketones (excluding diaryl/α,β-unsaturated/α-hetero) is 1. The average molecular weight is 330 g/mol. The van der Waals surface area contributed by atoms with Crippen LogP contribution in [-0.2, 0) is 14.4 Å². The summed E-state index contributed by atoms with van der Waals surface area (Å²) in [6.45, 7) is 0. The maximum atomic E-state index is 12.5. The monoisotopic (exact) mass is 330 g/mol. The molecule has 1 aliphatic heterocycles. The smallest absolute Gasteiger partial charge is 0.292 e.